The minimum absolute atomic E-state index is 0.0490. The number of aryl methyl sites for hydroxylation is 1. The van der Waals surface area contributed by atoms with Crippen LogP contribution in [0.5, 0.6) is 11.6 Å². The van der Waals surface area contributed by atoms with E-state index in [-0.39, 0.29) is 18.4 Å². The molecular formula is C22H27N3O3. The SMILES string of the molecule is Cc1cccc(Oc2ncccc2NC(=O)CN2CCCCCCC2=O)c1C. The van der Waals surface area contributed by atoms with Crippen LogP contribution < -0.4 is 10.1 Å². The molecule has 28 heavy (non-hydrogen) atoms. The normalized spacial score (nSPS) is 14.9. The minimum atomic E-state index is -0.243. The van der Waals surface area contributed by atoms with Crippen LogP contribution in [-0.2, 0) is 9.59 Å². The highest BCUT2D eigenvalue weighted by molar-refractivity contribution is 5.95. The average Bonchev–Trinajstić information content (AvgIpc) is 2.67. The first kappa shape index (κ1) is 19.9. The van der Waals surface area contributed by atoms with E-state index >= 15 is 0 Å². The number of carbonyl (C=O) groups is 2. The molecule has 0 saturated carbocycles. The van der Waals surface area contributed by atoms with Gasteiger partial charge in [-0.1, -0.05) is 25.0 Å². The minimum Gasteiger partial charge on any atom is -0.437 e. The van der Waals surface area contributed by atoms with Gasteiger partial charge in [-0.15, -0.1) is 0 Å². The van der Waals surface area contributed by atoms with Crippen LogP contribution in [0.25, 0.3) is 0 Å². The largest absolute Gasteiger partial charge is 0.437 e. The van der Waals surface area contributed by atoms with Crippen LogP contribution in [0.3, 0.4) is 0 Å². The summed E-state index contributed by atoms with van der Waals surface area (Å²) in [6.07, 6.45) is 6.15. The fourth-order valence-electron chi connectivity index (χ4n) is 3.25. The average molecular weight is 381 g/mol. The number of benzene rings is 1. The molecule has 6 heteroatoms. The number of carbonyl (C=O) groups excluding carboxylic acids is 2. The summed E-state index contributed by atoms with van der Waals surface area (Å²) in [6, 6.07) is 9.31. The molecule has 1 aromatic carbocycles. The lowest BCUT2D eigenvalue weighted by atomic mass is 10.1. The van der Waals surface area contributed by atoms with Gasteiger partial charge in [0.25, 0.3) is 0 Å². The topological polar surface area (TPSA) is 71.5 Å². The zero-order valence-corrected chi connectivity index (χ0v) is 16.5. The second kappa shape index (κ2) is 9.35. The standard InChI is InChI=1S/C22H27N3O3/c1-16-9-7-11-19(17(16)2)28-22-18(10-8-13-23-22)24-20(26)15-25-14-6-4-3-5-12-21(25)27/h7-11,13H,3-6,12,14-15H2,1-2H3,(H,24,26). The van der Waals surface area contributed by atoms with Gasteiger partial charge in [0, 0.05) is 19.2 Å². The Kier molecular flexibility index (Phi) is 6.63. The van der Waals surface area contributed by atoms with Crippen molar-refractivity contribution in [2.24, 2.45) is 0 Å². The zero-order valence-electron chi connectivity index (χ0n) is 16.5. The lowest BCUT2D eigenvalue weighted by Gasteiger charge is -2.24. The smallest absolute Gasteiger partial charge is 0.244 e. The van der Waals surface area contributed by atoms with Crippen LogP contribution in [-0.4, -0.2) is 34.8 Å². The summed E-state index contributed by atoms with van der Waals surface area (Å²) < 4.78 is 5.96. The Morgan fingerprint density at radius 1 is 1.14 bits per heavy atom. The number of anilines is 1. The zero-order chi connectivity index (χ0) is 19.9. The maximum atomic E-state index is 12.6. The predicted octanol–water partition coefficient (Wildman–Crippen LogP) is 4.22. The van der Waals surface area contributed by atoms with E-state index in [1.807, 2.05) is 32.0 Å². The summed E-state index contributed by atoms with van der Waals surface area (Å²) >= 11 is 0. The number of amides is 2. The first-order valence-electron chi connectivity index (χ1n) is 9.81. The van der Waals surface area contributed by atoms with Crippen molar-refractivity contribution in [3.8, 4) is 11.6 Å². The molecule has 0 bridgehead atoms. The highest BCUT2D eigenvalue weighted by Gasteiger charge is 2.19. The van der Waals surface area contributed by atoms with Crippen molar-refractivity contribution in [2.45, 2.75) is 46.0 Å². The maximum absolute atomic E-state index is 12.6. The van der Waals surface area contributed by atoms with Gasteiger partial charge < -0.3 is 15.0 Å². The fourth-order valence-corrected chi connectivity index (χ4v) is 3.25. The molecule has 2 amide bonds. The van der Waals surface area contributed by atoms with Crippen LogP contribution in [0.15, 0.2) is 36.5 Å². The monoisotopic (exact) mass is 381 g/mol. The first-order valence-corrected chi connectivity index (χ1v) is 9.81. The molecule has 6 nitrogen and oxygen atoms in total. The van der Waals surface area contributed by atoms with Crippen molar-refractivity contribution in [3.63, 3.8) is 0 Å². The van der Waals surface area contributed by atoms with Crippen molar-refractivity contribution in [3.05, 3.63) is 47.7 Å². The Labute approximate surface area is 165 Å². The molecule has 0 radical (unpaired) electrons. The molecule has 0 aliphatic carbocycles. The Hall–Kier alpha value is -2.89. The van der Waals surface area contributed by atoms with E-state index in [1.165, 1.54) is 0 Å². The Morgan fingerprint density at radius 3 is 2.82 bits per heavy atom. The lowest BCUT2D eigenvalue weighted by molar-refractivity contribution is -0.135. The van der Waals surface area contributed by atoms with Crippen LogP contribution in [0, 0.1) is 13.8 Å². The lowest BCUT2D eigenvalue weighted by Crippen LogP contribution is -2.39. The van der Waals surface area contributed by atoms with Crippen molar-refractivity contribution in [1.82, 2.24) is 9.88 Å². The summed E-state index contributed by atoms with van der Waals surface area (Å²) in [5.74, 6) is 0.845. The van der Waals surface area contributed by atoms with Gasteiger partial charge in [0.15, 0.2) is 0 Å². The quantitative estimate of drug-likeness (QED) is 0.842. The fraction of sp³-hybridized carbons (Fsp3) is 0.409. The highest BCUT2D eigenvalue weighted by Crippen LogP contribution is 2.30. The van der Waals surface area contributed by atoms with Gasteiger partial charge in [0.2, 0.25) is 17.7 Å². The molecule has 0 atom stereocenters. The molecule has 1 saturated heterocycles. The first-order chi connectivity index (χ1) is 13.5. The van der Waals surface area contributed by atoms with E-state index in [1.54, 1.807) is 23.2 Å². The molecule has 1 aliphatic rings. The van der Waals surface area contributed by atoms with Gasteiger partial charge in [0.05, 0.1) is 6.54 Å². The van der Waals surface area contributed by atoms with Crippen LogP contribution >= 0.6 is 0 Å². The molecule has 1 aliphatic heterocycles. The number of nitrogens with zero attached hydrogens (tertiary/aromatic N) is 2. The molecule has 0 unspecified atom stereocenters. The van der Waals surface area contributed by atoms with E-state index in [2.05, 4.69) is 10.3 Å². The van der Waals surface area contributed by atoms with Gasteiger partial charge in [-0.2, -0.15) is 0 Å². The van der Waals surface area contributed by atoms with E-state index in [4.69, 9.17) is 4.74 Å². The van der Waals surface area contributed by atoms with E-state index < -0.39 is 0 Å². The number of ether oxygens (including phenoxy) is 1. The van der Waals surface area contributed by atoms with Crippen molar-refractivity contribution < 1.29 is 14.3 Å². The molecule has 1 fully saturated rings. The second-order valence-electron chi connectivity index (χ2n) is 7.18. The van der Waals surface area contributed by atoms with E-state index in [0.717, 1.165) is 36.8 Å². The van der Waals surface area contributed by atoms with Crippen LogP contribution in [0.2, 0.25) is 0 Å². The molecule has 0 spiro atoms. The van der Waals surface area contributed by atoms with Crippen molar-refractivity contribution in [2.75, 3.05) is 18.4 Å². The van der Waals surface area contributed by atoms with Crippen LogP contribution in [0.1, 0.15) is 43.2 Å². The number of likely N-dealkylation sites (tertiary alicyclic amines) is 1. The highest BCUT2D eigenvalue weighted by atomic mass is 16.5. The molecule has 1 aromatic heterocycles. The third-order valence-electron chi connectivity index (χ3n) is 5.06. The van der Waals surface area contributed by atoms with Gasteiger partial charge >= 0.3 is 0 Å². The number of nitrogens with one attached hydrogen (secondary N) is 1. The number of pyridine rings is 1. The van der Waals surface area contributed by atoms with Gasteiger partial charge in [-0.05, 0) is 56.0 Å². The summed E-state index contributed by atoms with van der Waals surface area (Å²) in [4.78, 5) is 30.7. The molecule has 148 valence electrons. The molecule has 1 N–H and O–H groups in total. The molecule has 2 aromatic rings. The predicted molar refractivity (Wildman–Crippen MR) is 109 cm³/mol. The third-order valence-corrected chi connectivity index (χ3v) is 5.06. The van der Waals surface area contributed by atoms with Crippen LogP contribution in [0.4, 0.5) is 5.69 Å². The maximum Gasteiger partial charge on any atom is 0.244 e. The third kappa shape index (κ3) is 5.09. The Bertz CT molecular complexity index is 851. The summed E-state index contributed by atoms with van der Waals surface area (Å²) in [7, 11) is 0. The number of hydrogen-bond donors (Lipinski definition) is 1. The summed E-state index contributed by atoms with van der Waals surface area (Å²) in [6.45, 7) is 4.69. The number of hydrogen-bond acceptors (Lipinski definition) is 4. The van der Waals surface area contributed by atoms with Crippen molar-refractivity contribution in [1.29, 1.82) is 0 Å². The van der Waals surface area contributed by atoms with E-state index in [0.29, 0.717) is 30.3 Å². The molecular weight excluding hydrogens is 354 g/mol. The Morgan fingerprint density at radius 2 is 1.96 bits per heavy atom. The van der Waals surface area contributed by atoms with Gasteiger partial charge in [0.1, 0.15) is 11.4 Å². The number of rotatable bonds is 5. The molecule has 3 rings (SSSR count). The summed E-state index contributed by atoms with van der Waals surface area (Å²) in [5, 5.41) is 2.85. The molecule has 2 heterocycles. The van der Waals surface area contributed by atoms with E-state index in [9.17, 15) is 9.59 Å². The Balaban J connectivity index is 1.69. The van der Waals surface area contributed by atoms with Crippen molar-refractivity contribution >= 4 is 17.5 Å². The second-order valence-corrected chi connectivity index (χ2v) is 7.18. The van der Waals surface area contributed by atoms with Gasteiger partial charge in [-0.25, -0.2) is 4.98 Å². The summed E-state index contributed by atoms with van der Waals surface area (Å²) in [5.41, 5.74) is 2.64. The number of aromatic nitrogens is 1. The van der Waals surface area contributed by atoms with Gasteiger partial charge in [-0.3, -0.25) is 9.59 Å².